The lowest BCUT2D eigenvalue weighted by atomic mass is 10.1. The molecule has 0 aliphatic heterocycles. The Morgan fingerprint density at radius 3 is 2.65 bits per heavy atom. The van der Waals surface area contributed by atoms with E-state index >= 15 is 0 Å². The molecule has 0 atom stereocenters. The van der Waals surface area contributed by atoms with Gasteiger partial charge in [0.1, 0.15) is 0 Å². The van der Waals surface area contributed by atoms with E-state index in [1.165, 1.54) is 11.1 Å². The Labute approximate surface area is 119 Å². The molecule has 5 heteroatoms. The normalized spacial score (nSPS) is 11.6. The molecule has 0 radical (unpaired) electrons. The lowest BCUT2D eigenvalue weighted by molar-refractivity contribution is 0.383. The molecule has 2 rings (SSSR count). The average molecular weight is 274 g/mol. The molecular formula is C15H22N4O. The summed E-state index contributed by atoms with van der Waals surface area (Å²) in [4.78, 5) is 0. The summed E-state index contributed by atoms with van der Waals surface area (Å²) in [6.07, 6.45) is 0. The Kier molecular flexibility index (Phi) is 4.39. The zero-order chi connectivity index (χ0) is 14.6. The van der Waals surface area contributed by atoms with Gasteiger partial charge in [0, 0.05) is 12.1 Å². The fourth-order valence-electron chi connectivity index (χ4n) is 1.74. The molecule has 20 heavy (non-hydrogen) atoms. The maximum absolute atomic E-state index is 5.54. The van der Waals surface area contributed by atoms with Crippen LogP contribution in [0.5, 0.6) is 0 Å². The van der Waals surface area contributed by atoms with Crippen molar-refractivity contribution in [3.8, 4) is 0 Å². The fourth-order valence-corrected chi connectivity index (χ4v) is 1.74. The molecule has 0 aliphatic rings. The minimum atomic E-state index is 0.0314. The quantitative estimate of drug-likeness (QED) is 0.877. The van der Waals surface area contributed by atoms with Crippen molar-refractivity contribution in [1.82, 2.24) is 15.5 Å². The standard InChI is InChI=1S/C15H22N4O/c1-11-6-5-7-12(8-11)9-16-14-19-18-13(20-14)10-17-15(2,3)4/h5-8,17H,9-10H2,1-4H3,(H,16,19). The highest BCUT2D eigenvalue weighted by Crippen LogP contribution is 2.10. The molecule has 0 spiro atoms. The zero-order valence-electron chi connectivity index (χ0n) is 12.5. The van der Waals surface area contributed by atoms with Gasteiger partial charge >= 0.3 is 6.01 Å². The topological polar surface area (TPSA) is 63.0 Å². The number of nitrogens with zero attached hydrogens (tertiary/aromatic N) is 2. The van der Waals surface area contributed by atoms with Crippen LogP contribution in [0.4, 0.5) is 6.01 Å². The van der Waals surface area contributed by atoms with Crippen molar-refractivity contribution in [2.45, 2.75) is 46.3 Å². The van der Waals surface area contributed by atoms with Crippen molar-refractivity contribution in [3.05, 3.63) is 41.3 Å². The van der Waals surface area contributed by atoms with Crippen LogP contribution in [0.2, 0.25) is 0 Å². The first-order chi connectivity index (χ1) is 9.42. The molecule has 0 bridgehead atoms. The molecule has 0 fully saturated rings. The molecule has 5 nitrogen and oxygen atoms in total. The summed E-state index contributed by atoms with van der Waals surface area (Å²) in [5.74, 6) is 0.590. The van der Waals surface area contributed by atoms with Crippen LogP contribution in [-0.2, 0) is 13.1 Å². The summed E-state index contributed by atoms with van der Waals surface area (Å²) in [5.41, 5.74) is 2.46. The van der Waals surface area contributed by atoms with Crippen molar-refractivity contribution in [3.63, 3.8) is 0 Å². The Bertz CT molecular complexity index is 557. The van der Waals surface area contributed by atoms with Gasteiger partial charge in [0.15, 0.2) is 0 Å². The maximum Gasteiger partial charge on any atom is 0.315 e. The molecule has 0 saturated heterocycles. The van der Waals surface area contributed by atoms with E-state index in [1.54, 1.807) is 0 Å². The van der Waals surface area contributed by atoms with E-state index in [1.807, 2.05) is 6.07 Å². The van der Waals surface area contributed by atoms with Crippen LogP contribution in [0.15, 0.2) is 28.7 Å². The highest BCUT2D eigenvalue weighted by Gasteiger charge is 2.12. The second kappa shape index (κ2) is 6.05. The minimum Gasteiger partial charge on any atom is -0.407 e. The maximum atomic E-state index is 5.54. The fraction of sp³-hybridized carbons (Fsp3) is 0.467. The third kappa shape index (κ3) is 4.66. The second-order valence-corrected chi connectivity index (χ2v) is 5.95. The number of aromatic nitrogens is 2. The summed E-state index contributed by atoms with van der Waals surface area (Å²) in [6.45, 7) is 9.62. The van der Waals surface area contributed by atoms with Crippen LogP contribution in [-0.4, -0.2) is 15.7 Å². The monoisotopic (exact) mass is 274 g/mol. The third-order valence-corrected chi connectivity index (χ3v) is 2.76. The van der Waals surface area contributed by atoms with Gasteiger partial charge < -0.3 is 15.1 Å². The highest BCUT2D eigenvalue weighted by molar-refractivity contribution is 5.26. The van der Waals surface area contributed by atoms with Gasteiger partial charge in [0.2, 0.25) is 5.89 Å². The molecular weight excluding hydrogens is 252 g/mol. The van der Waals surface area contributed by atoms with E-state index in [4.69, 9.17) is 4.42 Å². The first-order valence-electron chi connectivity index (χ1n) is 6.79. The second-order valence-electron chi connectivity index (χ2n) is 5.95. The number of hydrogen-bond acceptors (Lipinski definition) is 5. The molecule has 1 aromatic heterocycles. The summed E-state index contributed by atoms with van der Waals surface area (Å²) >= 11 is 0. The van der Waals surface area contributed by atoms with Crippen molar-refractivity contribution in [1.29, 1.82) is 0 Å². The van der Waals surface area contributed by atoms with Crippen LogP contribution >= 0.6 is 0 Å². The smallest absolute Gasteiger partial charge is 0.315 e. The number of anilines is 1. The Balaban J connectivity index is 1.87. The van der Waals surface area contributed by atoms with E-state index in [2.05, 4.69) is 66.7 Å². The molecule has 1 heterocycles. The van der Waals surface area contributed by atoms with E-state index in [0.29, 0.717) is 25.0 Å². The molecule has 2 aromatic rings. The summed E-state index contributed by atoms with van der Waals surface area (Å²) < 4.78 is 5.54. The van der Waals surface area contributed by atoms with Crippen molar-refractivity contribution in [2.75, 3.05) is 5.32 Å². The molecule has 108 valence electrons. The first kappa shape index (κ1) is 14.5. The minimum absolute atomic E-state index is 0.0314. The van der Waals surface area contributed by atoms with Crippen LogP contribution in [0.3, 0.4) is 0 Å². The molecule has 0 aliphatic carbocycles. The van der Waals surface area contributed by atoms with E-state index < -0.39 is 0 Å². The Morgan fingerprint density at radius 1 is 1.15 bits per heavy atom. The van der Waals surface area contributed by atoms with Crippen molar-refractivity contribution >= 4 is 6.01 Å². The summed E-state index contributed by atoms with van der Waals surface area (Å²) in [5, 5.41) is 14.4. The largest absolute Gasteiger partial charge is 0.407 e. The number of aryl methyl sites for hydroxylation is 1. The van der Waals surface area contributed by atoms with Gasteiger partial charge in [0.25, 0.3) is 0 Å². The lowest BCUT2D eigenvalue weighted by Gasteiger charge is -2.18. The summed E-state index contributed by atoms with van der Waals surface area (Å²) in [6, 6.07) is 8.77. The predicted octanol–water partition coefficient (Wildman–Crippen LogP) is 2.88. The van der Waals surface area contributed by atoms with Gasteiger partial charge in [-0.3, -0.25) is 0 Å². The number of rotatable bonds is 5. The van der Waals surface area contributed by atoms with Gasteiger partial charge in [-0.25, -0.2) is 0 Å². The molecule has 2 N–H and O–H groups in total. The van der Waals surface area contributed by atoms with Gasteiger partial charge in [0.05, 0.1) is 6.54 Å². The lowest BCUT2D eigenvalue weighted by Crippen LogP contribution is -2.35. The predicted molar refractivity (Wildman–Crippen MR) is 79.4 cm³/mol. The van der Waals surface area contributed by atoms with Gasteiger partial charge in [-0.05, 0) is 33.3 Å². The van der Waals surface area contributed by atoms with Crippen LogP contribution < -0.4 is 10.6 Å². The number of benzene rings is 1. The van der Waals surface area contributed by atoms with Crippen LogP contribution in [0, 0.1) is 6.92 Å². The van der Waals surface area contributed by atoms with Gasteiger partial charge in [-0.1, -0.05) is 34.9 Å². The van der Waals surface area contributed by atoms with Crippen LogP contribution in [0.1, 0.15) is 37.8 Å². The highest BCUT2D eigenvalue weighted by atomic mass is 16.4. The molecule has 0 saturated carbocycles. The van der Waals surface area contributed by atoms with Gasteiger partial charge in [-0.2, -0.15) is 0 Å². The summed E-state index contributed by atoms with van der Waals surface area (Å²) in [7, 11) is 0. The SMILES string of the molecule is Cc1cccc(CNc2nnc(CNC(C)(C)C)o2)c1. The Morgan fingerprint density at radius 2 is 1.95 bits per heavy atom. The third-order valence-electron chi connectivity index (χ3n) is 2.76. The van der Waals surface area contributed by atoms with Crippen molar-refractivity contribution in [2.24, 2.45) is 0 Å². The van der Waals surface area contributed by atoms with E-state index in [0.717, 1.165) is 0 Å². The van der Waals surface area contributed by atoms with Crippen molar-refractivity contribution < 1.29 is 4.42 Å². The average Bonchev–Trinajstić information content (AvgIpc) is 2.81. The molecule has 0 unspecified atom stereocenters. The zero-order valence-corrected chi connectivity index (χ0v) is 12.5. The van der Waals surface area contributed by atoms with E-state index in [-0.39, 0.29) is 5.54 Å². The Hall–Kier alpha value is -1.88. The van der Waals surface area contributed by atoms with E-state index in [9.17, 15) is 0 Å². The van der Waals surface area contributed by atoms with Crippen LogP contribution in [0.25, 0.3) is 0 Å². The van der Waals surface area contributed by atoms with Gasteiger partial charge in [-0.15, -0.1) is 5.10 Å². The molecule has 0 amide bonds. The number of hydrogen-bond donors (Lipinski definition) is 2. The molecule has 1 aromatic carbocycles. The first-order valence-corrected chi connectivity index (χ1v) is 6.79. The number of nitrogens with one attached hydrogen (secondary N) is 2.